The van der Waals surface area contributed by atoms with Gasteiger partial charge in [0.15, 0.2) is 0 Å². The minimum Gasteiger partial charge on any atom is -0.497 e. The quantitative estimate of drug-likeness (QED) is 0.0929. The minimum absolute atomic E-state index is 0.206. The maximum absolute atomic E-state index is 15.3. The highest BCUT2D eigenvalue weighted by molar-refractivity contribution is 6.30. The molecule has 4 heterocycles. The van der Waals surface area contributed by atoms with Crippen molar-refractivity contribution in [2.75, 3.05) is 38.2 Å². The molecule has 0 saturated carbocycles. The van der Waals surface area contributed by atoms with Gasteiger partial charge in [-0.05, 0) is 120 Å². The molecule has 8 aromatic rings. The number of benzene rings is 6. The number of hydrogen-bond donors (Lipinski definition) is 0. The second-order valence-electron chi connectivity index (χ2n) is 16.5. The van der Waals surface area contributed by atoms with Gasteiger partial charge in [0, 0.05) is 28.8 Å². The van der Waals surface area contributed by atoms with Crippen molar-refractivity contribution in [1.29, 1.82) is 0 Å². The molecule has 0 saturated heterocycles. The van der Waals surface area contributed by atoms with Crippen molar-refractivity contribution in [3.8, 4) is 23.0 Å². The lowest BCUT2D eigenvalue weighted by molar-refractivity contribution is -0.124. The van der Waals surface area contributed by atoms with E-state index in [9.17, 15) is 0 Å². The number of rotatable bonds is 16. The van der Waals surface area contributed by atoms with Crippen molar-refractivity contribution >= 4 is 57.3 Å². The van der Waals surface area contributed by atoms with Gasteiger partial charge in [-0.2, -0.15) is 0 Å². The predicted octanol–water partition coefficient (Wildman–Crippen LogP) is 11.7. The Balaban J connectivity index is 1.11. The van der Waals surface area contributed by atoms with Gasteiger partial charge in [-0.1, -0.05) is 66.7 Å². The summed E-state index contributed by atoms with van der Waals surface area (Å²) >= 11 is 0. The lowest BCUT2D eigenvalue weighted by Gasteiger charge is -2.27. The Morgan fingerprint density at radius 2 is 0.757 bits per heavy atom. The van der Waals surface area contributed by atoms with E-state index in [0.717, 1.165) is 62.5 Å². The smallest absolute Gasteiger partial charge is 0.261 e. The fraction of sp³-hybridized carbons (Fsp3) is 0.103. The molecule has 0 unspecified atom stereocenters. The van der Waals surface area contributed by atoms with Crippen LogP contribution in [0.25, 0.3) is 11.4 Å². The third-order valence-corrected chi connectivity index (χ3v) is 12.3. The first kappa shape index (κ1) is 44.7. The highest BCUT2D eigenvalue weighted by Crippen LogP contribution is 2.48. The summed E-state index contributed by atoms with van der Waals surface area (Å²) in [5.41, 5.74) is 9.06. The van der Waals surface area contributed by atoms with E-state index < -0.39 is 0 Å². The largest absolute Gasteiger partial charge is 0.497 e. The zero-order valence-electron chi connectivity index (χ0n) is 39.0. The van der Waals surface area contributed by atoms with Crippen molar-refractivity contribution in [2.45, 2.75) is 13.1 Å². The van der Waals surface area contributed by atoms with Crippen LogP contribution >= 0.6 is 0 Å². The molecule has 346 valence electrons. The van der Waals surface area contributed by atoms with Crippen molar-refractivity contribution in [2.24, 2.45) is 0 Å². The molecular formula is C58H48N6O6. The van der Waals surface area contributed by atoms with Crippen LogP contribution in [0.3, 0.4) is 0 Å². The summed E-state index contributed by atoms with van der Waals surface area (Å²) in [6.07, 6.45) is 3.53. The molecule has 0 N–H and O–H groups in total. The van der Waals surface area contributed by atoms with E-state index in [1.54, 1.807) is 50.6 Å². The molecule has 2 aromatic heterocycles. The van der Waals surface area contributed by atoms with E-state index in [1.807, 2.05) is 182 Å². The highest BCUT2D eigenvalue weighted by atomic mass is 16.5. The van der Waals surface area contributed by atoms with Gasteiger partial charge in [-0.3, -0.25) is 19.6 Å². The summed E-state index contributed by atoms with van der Waals surface area (Å²) in [6.45, 7) is 0.412. The standard InChI is InChI=1S/C58H48N6O6/c1-67-47-26-18-41(19-27-47)63(42-20-28-48(68-2)29-21-42)45-24-32-51(59-35-45)55-53-54(58(66)61(55)37-39-12-7-5-8-13-39)56(62(57(53)65)38-40-14-9-6-10-15-40)52-33-25-46(36-60-52)64(43-22-30-49(69-3)31-23-43)44-16-11-17-50(34-44)70-4/h5-36H,37-38H2,1-4H3. The van der Waals surface area contributed by atoms with Gasteiger partial charge in [-0.25, -0.2) is 0 Å². The van der Waals surface area contributed by atoms with E-state index in [4.69, 9.17) is 28.9 Å². The normalized spacial score (nSPS) is 13.1. The number of anilines is 6. The fourth-order valence-electron chi connectivity index (χ4n) is 8.92. The fourth-order valence-corrected chi connectivity index (χ4v) is 8.92. The Morgan fingerprint density at radius 1 is 0.386 bits per heavy atom. The van der Waals surface area contributed by atoms with Gasteiger partial charge in [-0.15, -0.1) is 0 Å². The number of carbonyl (C=O) groups excluding carboxylic acids is 2. The van der Waals surface area contributed by atoms with Crippen molar-refractivity contribution in [3.63, 3.8) is 0 Å². The molecule has 0 aliphatic carbocycles. The molecule has 0 radical (unpaired) electrons. The Bertz CT molecular complexity index is 3170. The number of carbonyl (C=O) groups is 2. The second kappa shape index (κ2) is 19.6. The Hall–Kier alpha value is -9.16. The van der Waals surface area contributed by atoms with Gasteiger partial charge in [0.2, 0.25) is 0 Å². The van der Waals surface area contributed by atoms with Gasteiger partial charge in [0.1, 0.15) is 23.0 Å². The number of pyridine rings is 2. The van der Waals surface area contributed by atoms with Gasteiger partial charge >= 0.3 is 0 Å². The molecule has 2 aliphatic rings. The van der Waals surface area contributed by atoms with E-state index >= 15 is 9.59 Å². The molecule has 0 bridgehead atoms. The first-order valence-corrected chi connectivity index (χ1v) is 22.7. The van der Waals surface area contributed by atoms with Crippen LogP contribution in [-0.2, 0) is 22.7 Å². The molecule has 2 amide bonds. The Labute approximate surface area is 406 Å². The van der Waals surface area contributed by atoms with Gasteiger partial charge < -0.3 is 38.5 Å². The average Bonchev–Trinajstić information content (AvgIpc) is 3.86. The molecule has 12 nitrogen and oxygen atoms in total. The monoisotopic (exact) mass is 924 g/mol. The molecule has 70 heavy (non-hydrogen) atoms. The van der Waals surface area contributed by atoms with Crippen molar-refractivity contribution < 1.29 is 28.5 Å². The van der Waals surface area contributed by atoms with Crippen LogP contribution in [0.4, 0.5) is 34.1 Å². The lowest BCUT2D eigenvalue weighted by Crippen LogP contribution is -2.30. The van der Waals surface area contributed by atoms with E-state index in [0.29, 0.717) is 28.5 Å². The Morgan fingerprint density at radius 3 is 1.11 bits per heavy atom. The molecular weight excluding hydrogens is 877 g/mol. The van der Waals surface area contributed by atoms with Crippen molar-refractivity contribution in [3.05, 3.63) is 228 Å². The summed E-state index contributed by atoms with van der Waals surface area (Å²) in [5.74, 6) is 2.23. The highest BCUT2D eigenvalue weighted by Gasteiger charge is 2.49. The average molecular weight is 925 g/mol. The summed E-state index contributed by atoms with van der Waals surface area (Å²) in [6, 6.07) is 58.2. The number of aromatic nitrogens is 2. The van der Waals surface area contributed by atoms with Crippen LogP contribution in [0.1, 0.15) is 22.5 Å². The van der Waals surface area contributed by atoms with Crippen LogP contribution in [0.5, 0.6) is 23.0 Å². The van der Waals surface area contributed by atoms with Crippen LogP contribution in [-0.4, -0.2) is 60.0 Å². The maximum atomic E-state index is 15.3. The first-order chi connectivity index (χ1) is 34.3. The van der Waals surface area contributed by atoms with E-state index in [2.05, 4.69) is 9.80 Å². The molecule has 12 heteroatoms. The minimum atomic E-state index is -0.321. The zero-order valence-corrected chi connectivity index (χ0v) is 39.0. The van der Waals surface area contributed by atoms with Crippen LogP contribution in [0.2, 0.25) is 0 Å². The second-order valence-corrected chi connectivity index (χ2v) is 16.5. The predicted molar refractivity (Wildman–Crippen MR) is 272 cm³/mol. The summed E-state index contributed by atoms with van der Waals surface area (Å²) in [5, 5.41) is 0. The van der Waals surface area contributed by atoms with E-state index in [-0.39, 0.29) is 36.1 Å². The van der Waals surface area contributed by atoms with Gasteiger partial charge in [0.25, 0.3) is 11.8 Å². The van der Waals surface area contributed by atoms with Crippen molar-refractivity contribution in [1.82, 2.24) is 19.8 Å². The third-order valence-electron chi connectivity index (χ3n) is 12.3. The number of fused-ring (bicyclic) bond motifs is 1. The van der Waals surface area contributed by atoms with Crippen LogP contribution < -0.4 is 28.7 Å². The molecule has 10 rings (SSSR count). The van der Waals surface area contributed by atoms with Gasteiger partial charge in [0.05, 0.1) is 99.2 Å². The van der Waals surface area contributed by atoms with E-state index in [1.165, 1.54) is 0 Å². The summed E-state index contributed by atoms with van der Waals surface area (Å²) in [7, 11) is 6.55. The molecule has 6 aromatic carbocycles. The molecule has 0 atom stereocenters. The number of hydrogen-bond acceptors (Lipinski definition) is 10. The molecule has 0 fully saturated rings. The number of nitrogens with zero attached hydrogens (tertiary/aromatic N) is 6. The SMILES string of the molecule is COc1ccc(N(c2ccc(OC)cc2)c2ccc(C3=C4C(=O)N(Cc5ccccc5)C(c5ccc(N(c6ccc(OC)cc6)c6cccc(OC)c6)cn5)=C4C(=O)N3Cc3ccccc3)nc2)cc1. The maximum Gasteiger partial charge on any atom is 0.261 e. The zero-order chi connectivity index (χ0) is 48.1. The van der Waals surface area contributed by atoms with Crippen LogP contribution in [0.15, 0.2) is 206 Å². The molecule has 0 spiro atoms. The first-order valence-electron chi connectivity index (χ1n) is 22.7. The lowest BCUT2D eigenvalue weighted by atomic mass is 10.1. The number of amides is 2. The number of methoxy groups -OCH3 is 4. The number of ether oxygens (including phenoxy) is 4. The molecule has 2 aliphatic heterocycles. The Kier molecular flexibility index (Phi) is 12.5. The third kappa shape index (κ3) is 8.65. The summed E-state index contributed by atoms with van der Waals surface area (Å²) in [4.78, 5) is 48.3. The van der Waals surface area contributed by atoms with Crippen LogP contribution in [0, 0.1) is 0 Å². The topological polar surface area (TPSA) is 110 Å². The summed E-state index contributed by atoms with van der Waals surface area (Å²) < 4.78 is 22.0.